The molecule has 0 aromatic heterocycles. The largest absolute Gasteiger partial charge is 0.497 e. The van der Waals surface area contributed by atoms with Gasteiger partial charge in [-0.25, -0.2) is 4.39 Å². The Balaban J connectivity index is 1.80. The number of nitrogens with zero attached hydrogens (tertiary/aromatic N) is 1. The van der Waals surface area contributed by atoms with Crippen molar-refractivity contribution in [1.82, 2.24) is 0 Å². The summed E-state index contributed by atoms with van der Waals surface area (Å²) in [5.41, 5.74) is 3.34. The zero-order valence-corrected chi connectivity index (χ0v) is 12.3. The van der Waals surface area contributed by atoms with Crippen molar-refractivity contribution < 1.29 is 13.9 Å². The smallest absolute Gasteiger partial charge is 0.258 e. The van der Waals surface area contributed by atoms with Crippen LogP contribution in [0.4, 0.5) is 15.8 Å². The van der Waals surface area contributed by atoms with Crippen molar-refractivity contribution in [2.45, 2.75) is 6.54 Å². The lowest BCUT2D eigenvalue weighted by molar-refractivity contribution is 0.0996. The summed E-state index contributed by atoms with van der Waals surface area (Å²) in [6.45, 7) is 0.402. The summed E-state index contributed by atoms with van der Waals surface area (Å²) < 4.78 is 17.3. The Kier molecular flexibility index (Phi) is 3.96. The number of rotatable bonds is 5. The maximum absolute atomic E-state index is 12.5. The molecule has 2 aromatic rings. The molecule has 1 amide bonds. The molecule has 1 heterocycles. The fourth-order valence-corrected chi connectivity index (χ4v) is 2.58. The van der Waals surface area contributed by atoms with Gasteiger partial charge >= 0.3 is 0 Å². The van der Waals surface area contributed by atoms with Gasteiger partial charge in [-0.2, -0.15) is 0 Å². The van der Waals surface area contributed by atoms with Crippen LogP contribution in [-0.4, -0.2) is 26.2 Å². The van der Waals surface area contributed by atoms with Gasteiger partial charge in [0, 0.05) is 23.5 Å². The van der Waals surface area contributed by atoms with Gasteiger partial charge in [-0.3, -0.25) is 4.79 Å². The van der Waals surface area contributed by atoms with Gasteiger partial charge in [0.25, 0.3) is 5.91 Å². The number of fused-ring (bicyclic) bond motifs is 1. The average Bonchev–Trinajstić information content (AvgIpc) is 2.89. The third-order valence-electron chi connectivity index (χ3n) is 3.72. The highest BCUT2D eigenvalue weighted by Crippen LogP contribution is 2.31. The number of hydrogen-bond donors (Lipinski definition) is 1. The molecule has 5 heteroatoms. The number of ether oxygens (including phenoxy) is 1. The minimum absolute atomic E-state index is 0.0119. The van der Waals surface area contributed by atoms with Crippen LogP contribution in [0.3, 0.4) is 0 Å². The lowest BCUT2D eigenvalue weighted by Gasteiger charge is -2.16. The van der Waals surface area contributed by atoms with Crippen molar-refractivity contribution in [1.29, 1.82) is 0 Å². The SMILES string of the molecule is COc1ccc2c(c1)CN(c1ccc(NCCF)cc1)C2=O. The lowest BCUT2D eigenvalue weighted by Crippen LogP contribution is -2.22. The van der Waals surface area contributed by atoms with E-state index in [1.165, 1.54) is 0 Å². The van der Waals surface area contributed by atoms with Gasteiger partial charge in [-0.05, 0) is 48.0 Å². The van der Waals surface area contributed by atoms with E-state index in [1.54, 1.807) is 24.1 Å². The van der Waals surface area contributed by atoms with E-state index in [4.69, 9.17) is 4.74 Å². The standard InChI is InChI=1S/C17H17FN2O2/c1-22-15-6-7-16-12(10-15)11-20(17(16)21)14-4-2-13(3-5-14)19-9-8-18/h2-7,10,19H,8-9,11H2,1H3. The fraction of sp³-hybridized carbons (Fsp3) is 0.235. The van der Waals surface area contributed by atoms with E-state index in [1.807, 2.05) is 30.3 Å². The minimum Gasteiger partial charge on any atom is -0.497 e. The van der Waals surface area contributed by atoms with Crippen molar-refractivity contribution in [2.75, 3.05) is 30.5 Å². The van der Waals surface area contributed by atoms with Crippen LogP contribution in [0.2, 0.25) is 0 Å². The van der Waals surface area contributed by atoms with Crippen LogP contribution < -0.4 is 15.0 Å². The van der Waals surface area contributed by atoms with Crippen LogP contribution in [0.15, 0.2) is 42.5 Å². The molecule has 0 aliphatic carbocycles. The van der Waals surface area contributed by atoms with Crippen molar-refractivity contribution in [3.63, 3.8) is 0 Å². The molecule has 1 aliphatic heterocycles. The lowest BCUT2D eigenvalue weighted by atomic mass is 10.1. The van der Waals surface area contributed by atoms with E-state index in [9.17, 15) is 9.18 Å². The molecule has 0 unspecified atom stereocenters. The number of nitrogens with one attached hydrogen (secondary N) is 1. The first kappa shape index (κ1) is 14.4. The van der Waals surface area contributed by atoms with Crippen LogP contribution in [-0.2, 0) is 6.54 Å². The molecular weight excluding hydrogens is 283 g/mol. The second-order valence-electron chi connectivity index (χ2n) is 5.08. The summed E-state index contributed by atoms with van der Waals surface area (Å²) in [7, 11) is 1.61. The maximum Gasteiger partial charge on any atom is 0.258 e. The first-order valence-corrected chi connectivity index (χ1v) is 7.11. The number of halogens is 1. The molecule has 4 nitrogen and oxygen atoms in total. The van der Waals surface area contributed by atoms with E-state index in [0.717, 1.165) is 22.7 Å². The molecule has 22 heavy (non-hydrogen) atoms. The monoisotopic (exact) mass is 300 g/mol. The molecule has 3 rings (SSSR count). The Bertz CT molecular complexity index is 686. The number of carbonyl (C=O) groups excluding carboxylic acids is 1. The number of amides is 1. The number of hydrogen-bond acceptors (Lipinski definition) is 3. The van der Waals surface area contributed by atoms with Crippen LogP contribution in [0.1, 0.15) is 15.9 Å². The summed E-state index contributed by atoms with van der Waals surface area (Å²) in [5.74, 6) is 0.737. The molecule has 1 aliphatic rings. The molecule has 0 saturated heterocycles. The zero-order chi connectivity index (χ0) is 15.5. The highest BCUT2D eigenvalue weighted by atomic mass is 19.1. The maximum atomic E-state index is 12.5. The molecule has 114 valence electrons. The van der Waals surface area contributed by atoms with Crippen molar-refractivity contribution in [2.24, 2.45) is 0 Å². The van der Waals surface area contributed by atoms with E-state index in [-0.39, 0.29) is 12.5 Å². The van der Waals surface area contributed by atoms with Gasteiger partial charge in [0.1, 0.15) is 12.4 Å². The molecule has 2 aromatic carbocycles. The van der Waals surface area contributed by atoms with Gasteiger partial charge in [-0.1, -0.05) is 0 Å². The predicted molar refractivity (Wildman–Crippen MR) is 84.4 cm³/mol. The third-order valence-corrected chi connectivity index (χ3v) is 3.72. The molecule has 0 spiro atoms. The van der Waals surface area contributed by atoms with Crippen molar-refractivity contribution in [3.05, 3.63) is 53.6 Å². The van der Waals surface area contributed by atoms with E-state index < -0.39 is 6.67 Å². The Morgan fingerprint density at radius 3 is 2.68 bits per heavy atom. The summed E-state index contributed by atoms with van der Waals surface area (Å²) in [4.78, 5) is 14.2. The van der Waals surface area contributed by atoms with Gasteiger partial charge in [-0.15, -0.1) is 0 Å². The van der Waals surface area contributed by atoms with Gasteiger partial charge in [0.05, 0.1) is 13.7 Å². The first-order chi connectivity index (χ1) is 10.7. The second-order valence-corrected chi connectivity index (χ2v) is 5.08. The molecule has 0 atom stereocenters. The van der Waals surface area contributed by atoms with E-state index in [2.05, 4.69) is 5.32 Å². The minimum atomic E-state index is -0.413. The van der Waals surface area contributed by atoms with Crippen LogP contribution in [0, 0.1) is 0 Å². The topological polar surface area (TPSA) is 41.6 Å². The number of anilines is 2. The predicted octanol–water partition coefficient (Wildman–Crippen LogP) is 3.24. The highest BCUT2D eigenvalue weighted by Gasteiger charge is 2.28. The fourth-order valence-electron chi connectivity index (χ4n) is 2.58. The molecular formula is C17H17FN2O2. The summed E-state index contributed by atoms with van der Waals surface area (Å²) in [5, 5.41) is 2.96. The van der Waals surface area contributed by atoms with Crippen LogP contribution >= 0.6 is 0 Å². The van der Waals surface area contributed by atoms with Crippen molar-refractivity contribution in [3.8, 4) is 5.75 Å². The molecule has 0 saturated carbocycles. The quantitative estimate of drug-likeness (QED) is 0.921. The molecule has 0 fully saturated rings. The van der Waals surface area contributed by atoms with E-state index >= 15 is 0 Å². The van der Waals surface area contributed by atoms with Gasteiger partial charge in [0.2, 0.25) is 0 Å². The van der Waals surface area contributed by atoms with E-state index in [0.29, 0.717) is 12.1 Å². The molecule has 0 bridgehead atoms. The average molecular weight is 300 g/mol. The highest BCUT2D eigenvalue weighted by molar-refractivity contribution is 6.10. The van der Waals surface area contributed by atoms with Crippen LogP contribution in [0.25, 0.3) is 0 Å². The summed E-state index contributed by atoms with van der Waals surface area (Å²) >= 11 is 0. The third kappa shape index (κ3) is 2.62. The van der Waals surface area contributed by atoms with Crippen LogP contribution in [0.5, 0.6) is 5.75 Å². The number of methoxy groups -OCH3 is 1. The normalized spacial score (nSPS) is 13.2. The Hall–Kier alpha value is -2.56. The second kappa shape index (κ2) is 6.05. The van der Waals surface area contributed by atoms with Gasteiger partial charge < -0.3 is 15.0 Å². The zero-order valence-electron chi connectivity index (χ0n) is 12.3. The summed E-state index contributed by atoms with van der Waals surface area (Å²) in [6.07, 6.45) is 0. The molecule has 1 N–H and O–H groups in total. The first-order valence-electron chi connectivity index (χ1n) is 7.11. The van der Waals surface area contributed by atoms with Crippen molar-refractivity contribution >= 4 is 17.3 Å². The number of benzene rings is 2. The molecule has 0 radical (unpaired) electrons. The summed E-state index contributed by atoms with van der Waals surface area (Å²) in [6, 6.07) is 12.9. The Morgan fingerprint density at radius 2 is 2.00 bits per heavy atom. The van der Waals surface area contributed by atoms with Gasteiger partial charge in [0.15, 0.2) is 0 Å². The Labute approximate surface area is 128 Å². The number of alkyl halides is 1. The number of carbonyl (C=O) groups is 1. The Morgan fingerprint density at radius 1 is 1.23 bits per heavy atom.